The largest absolute Gasteiger partial charge is 0.484 e. The van der Waals surface area contributed by atoms with Crippen LogP contribution >= 0.6 is 11.6 Å². The summed E-state index contributed by atoms with van der Waals surface area (Å²) in [6.07, 6.45) is 2.81. The second kappa shape index (κ2) is 5.66. The van der Waals surface area contributed by atoms with Gasteiger partial charge in [0, 0.05) is 5.54 Å². The molecular weight excluding hydrogens is 289 g/mol. The Hall–Kier alpha value is -1.58. The molecule has 0 radical (unpaired) electrons. The third-order valence-electron chi connectivity index (χ3n) is 4.04. The van der Waals surface area contributed by atoms with Crippen molar-refractivity contribution in [3.8, 4) is 5.75 Å². The predicted molar refractivity (Wildman–Crippen MR) is 81.9 cm³/mol. The van der Waals surface area contributed by atoms with E-state index in [1.165, 1.54) is 6.07 Å². The molecule has 0 amide bonds. The van der Waals surface area contributed by atoms with E-state index in [1.54, 1.807) is 6.07 Å². The SMILES string of the molecule is NC1(c2cc(F)c(OCc3ccccc3)c(Cl)c2)CCC1. The van der Waals surface area contributed by atoms with Crippen LogP contribution in [-0.2, 0) is 12.1 Å². The van der Waals surface area contributed by atoms with Crippen LogP contribution in [0.1, 0.15) is 30.4 Å². The molecule has 2 N–H and O–H groups in total. The van der Waals surface area contributed by atoms with Gasteiger partial charge in [0.15, 0.2) is 11.6 Å². The van der Waals surface area contributed by atoms with E-state index in [-0.39, 0.29) is 17.4 Å². The molecular formula is C17H17ClFNO. The average molecular weight is 306 g/mol. The average Bonchev–Trinajstić information content (AvgIpc) is 2.45. The predicted octanol–water partition coefficient (Wildman–Crippen LogP) is 4.40. The molecule has 0 unspecified atom stereocenters. The molecule has 4 heteroatoms. The molecule has 3 rings (SSSR count). The first-order valence-corrected chi connectivity index (χ1v) is 7.41. The highest BCUT2D eigenvalue weighted by molar-refractivity contribution is 6.32. The second-order valence-electron chi connectivity index (χ2n) is 5.55. The van der Waals surface area contributed by atoms with Crippen LogP contribution in [0.25, 0.3) is 0 Å². The van der Waals surface area contributed by atoms with Gasteiger partial charge in [0.2, 0.25) is 0 Å². The number of ether oxygens (including phenoxy) is 1. The first kappa shape index (κ1) is 14.4. The van der Waals surface area contributed by atoms with Gasteiger partial charge in [-0.05, 0) is 42.5 Å². The van der Waals surface area contributed by atoms with Crippen LogP contribution in [0.5, 0.6) is 5.75 Å². The molecule has 1 aliphatic rings. The zero-order valence-corrected chi connectivity index (χ0v) is 12.4. The fraction of sp³-hybridized carbons (Fsp3) is 0.294. The van der Waals surface area contributed by atoms with Crippen LogP contribution in [0, 0.1) is 5.82 Å². The van der Waals surface area contributed by atoms with E-state index in [2.05, 4.69) is 0 Å². The first-order valence-electron chi connectivity index (χ1n) is 7.04. The summed E-state index contributed by atoms with van der Waals surface area (Å²) < 4.78 is 19.8. The molecule has 21 heavy (non-hydrogen) atoms. The zero-order valence-electron chi connectivity index (χ0n) is 11.6. The molecule has 2 nitrogen and oxygen atoms in total. The summed E-state index contributed by atoms with van der Waals surface area (Å²) in [5.74, 6) is -0.364. The molecule has 0 aromatic heterocycles. The molecule has 0 bridgehead atoms. The van der Waals surface area contributed by atoms with Crippen molar-refractivity contribution < 1.29 is 9.13 Å². The van der Waals surface area contributed by atoms with Crippen LogP contribution in [0.2, 0.25) is 5.02 Å². The smallest absolute Gasteiger partial charge is 0.174 e. The maximum absolute atomic E-state index is 14.2. The third-order valence-corrected chi connectivity index (χ3v) is 4.33. The number of benzene rings is 2. The molecule has 1 aliphatic carbocycles. The van der Waals surface area contributed by atoms with E-state index in [9.17, 15) is 4.39 Å². The van der Waals surface area contributed by atoms with Crippen molar-refractivity contribution in [3.05, 3.63) is 64.4 Å². The molecule has 0 heterocycles. The van der Waals surface area contributed by atoms with Gasteiger partial charge in [0.25, 0.3) is 0 Å². The van der Waals surface area contributed by atoms with Gasteiger partial charge in [0.1, 0.15) is 6.61 Å². The standard InChI is InChI=1S/C17H17ClFNO/c18-14-9-13(17(20)7-4-8-17)10-15(19)16(14)21-11-12-5-2-1-3-6-12/h1-3,5-6,9-10H,4,7-8,11,20H2. The molecule has 2 aromatic carbocycles. The third kappa shape index (κ3) is 2.89. The lowest BCUT2D eigenvalue weighted by Gasteiger charge is -2.38. The Morgan fingerprint density at radius 1 is 1.19 bits per heavy atom. The molecule has 0 spiro atoms. The Bertz CT molecular complexity index is 617. The van der Waals surface area contributed by atoms with Crippen LogP contribution in [0.15, 0.2) is 42.5 Å². The molecule has 0 aliphatic heterocycles. The van der Waals surface area contributed by atoms with Crippen molar-refractivity contribution in [1.29, 1.82) is 0 Å². The van der Waals surface area contributed by atoms with Gasteiger partial charge in [0.05, 0.1) is 5.02 Å². The summed E-state index contributed by atoms with van der Waals surface area (Å²) in [6, 6.07) is 12.8. The van der Waals surface area contributed by atoms with Crippen molar-refractivity contribution in [2.24, 2.45) is 5.73 Å². The fourth-order valence-corrected chi connectivity index (χ4v) is 2.82. The maximum atomic E-state index is 14.2. The zero-order chi connectivity index (χ0) is 14.9. The fourth-order valence-electron chi connectivity index (χ4n) is 2.56. The maximum Gasteiger partial charge on any atom is 0.174 e. The summed E-state index contributed by atoms with van der Waals surface area (Å²) in [6.45, 7) is 0.282. The van der Waals surface area contributed by atoms with Gasteiger partial charge in [-0.15, -0.1) is 0 Å². The van der Waals surface area contributed by atoms with Gasteiger partial charge in [-0.25, -0.2) is 4.39 Å². The van der Waals surface area contributed by atoms with Crippen LogP contribution in [0.3, 0.4) is 0 Å². The number of halogens is 2. The van der Waals surface area contributed by atoms with E-state index in [4.69, 9.17) is 22.1 Å². The summed E-state index contributed by atoms with van der Waals surface area (Å²) in [7, 11) is 0. The Labute approximate surface area is 128 Å². The Balaban J connectivity index is 1.80. The highest BCUT2D eigenvalue weighted by Crippen LogP contribution is 2.42. The van der Waals surface area contributed by atoms with Gasteiger partial charge in [-0.2, -0.15) is 0 Å². The highest BCUT2D eigenvalue weighted by Gasteiger charge is 2.35. The van der Waals surface area contributed by atoms with E-state index in [0.29, 0.717) is 0 Å². The number of rotatable bonds is 4. The monoisotopic (exact) mass is 305 g/mol. The minimum atomic E-state index is -0.454. The van der Waals surface area contributed by atoms with Crippen molar-refractivity contribution in [2.45, 2.75) is 31.4 Å². The van der Waals surface area contributed by atoms with E-state index < -0.39 is 11.4 Å². The lowest BCUT2D eigenvalue weighted by Crippen LogP contribution is -2.43. The first-order chi connectivity index (χ1) is 10.1. The molecule has 2 aromatic rings. The highest BCUT2D eigenvalue weighted by atomic mass is 35.5. The second-order valence-corrected chi connectivity index (χ2v) is 5.96. The van der Waals surface area contributed by atoms with Gasteiger partial charge in [-0.1, -0.05) is 41.9 Å². The van der Waals surface area contributed by atoms with Gasteiger partial charge < -0.3 is 10.5 Å². The molecule has 110 valence electrons. The Kier molecular flexibility index (Phi) is 3.87. The van der Waals surface area contributed by atoms with Crippen LogP contribution < -0.4 is 10.5 Å². The van der Waals surface area contributed by atoms with Crippen molar-refractivity contribution in [1.82, 2.24) is 0 Å². The number of hydrogen-bond donors (Lipinski definition) is 1. The van der Waals surface area contributed by atoms with Crippen LogP contribution in [-0.4, -0.2) is 0 Å². The summed E-state index contributed by atoms with van der Waals surface area (Å²) in [5, 5.41) is 0.276. The van der Waals surface area contributed by atoms with Crippen molar-refractivity contribution in [2.75, 3.05) is 0 Å². The van der Waals surface area contributed by atoms with E-state index >= 15 is 0 Å². The minimum Gasteiger partial charge on any atom is -0.484 e. The lowest BCUT2D eigenvalue weighted by molar-refractivity contribution is 0.250. The lowest BCUT2D eigenvalue weighted by atomic mass is 9.73. The Morgan fingerprint density at radius 3 is 2.48 bits per heavy atom. The quantitative estimate of drug-likeness (QED) is 0.909. The normalized spacial score (nSPS) is 16.3. The summed E-state index contributed by atoms with van der Waals surface area (Å²) >= 11 is 6.17. The Morgan fingerprint density at radius 2 is 1.90 bits per heavy atom. The molecule has 0 saturated heterocycles. The molecule has 0 atom stereocenters. The van der Waals surface area contributed by atoms with Crippen molar-refractivity contribution in [3.63, 3.8) is 0 Å². The van der Waals surface area contributed by atoms with Crippen molar-refractivity contribution >= 4 is 11.6 Å². The van der Waals surface area contributed by atoms with E-state index in [1.807, 2.05) is 30.3 Å². The molecule has 1 saturated carbocycles. The summed E-state index contributed by atoms with van der Waals surface area (Å²) in [4.78, 5) is 0. The van der Waals surface area contributed by atoms with Crippen LogP contribution in [0.4, 0.5) is 4.39 Å². The van der Waals surface area contributed by atoms with E-state index in [0.717, 1.165) is 30.4 Å². The number of hydrogen-bond acceptors (Lipinski definition) is 2. The molecule has 1 fully saturated rings. The number of nitrogens with two attached hydrogens (primary N) is 1. The minimum absolute atomic E-state index is 0.0900. The van der Waals surface area contributed by atoms with Gasteiger partial charge in [-0.3, -0.25) is 0 Å². The summed E-state index contributed by atoms with van der Waals surface area (Å²) in [5.41, 5.74) is 7.50. The van der Waals surface area contributed by atoms with Gasteiger partial charge >= 0.3 is 0 Å². The topological polar surface area (TPSA) is 35.2 Å².